The molecule has 0 saturated heterocycles. The highest BCUT2D eigenvalue weighted by Gasteiger charge is 2.12. The van der Waals surface area contributed by atoms with Crippen LogP contribution in [0.5, 0.6) is 11.6 Å². The number of aromatic nitrogens is 2. The van der Waals surface area contributed by atoms with Crippen LogP contribution in [0.3, 0.4) is 0 Å². The van der Waals surface area contributed by atoms with Crippen molar-refractivity contribution in [1.82, 2.24) is 9.97 Å². The van der Waals surface area contributed by atoms with E-state index in [2.05, 4.69) is 9.97 Å². The molecule has 0 spiro atoms. The fraction of sp³-hybridized carbons (Fsp3) is 0.0833. The lowest BCUT2D eigenvalue weighted by atomic mass is 10.2. The summed E-state index contributed by atoms with van der Waals surface area (Å²) in [7, 11) is 0. The molecule has 18 heavy (non-hydrogen) atoms. The molecule has 1 aromatic carbocycles. The van der Waals surface area contributed by atoms with Gasteiger partial charge in [-0.2, -0.15) is 5.26 Å². The van der Waals surface area contributed by atoms with Crippen molar-refractivity contribution in [2.45, 2.75) is 6.92 Å². The molecule has 6 heteroatoms. The number of hydrogen-bond donors (Lipinski definition) is 1. The Bertz CT molecular complexity index is 636. The molecule has 0 aliphatic rings. The molecule has 0 amide bonds. The Morgan fingerprint density at radius 1 is 1.39 bits per heavy atom. The summed E-state index contributed by atoms with van der Waals surface area (Å²) in [5.41, 5.74) is 5.97. The van der Waals surface area contributed by atoms with E-state index >= 15 is 0 Å². The Morgan fingerprint density at radius 2 is 2.17 bits per heavy atom. The molecule has 2 rings (SSSR count). The lowest BCUT2D eigenvalue weighted by Crippen LogP contribution is -2.00. The highest BCUT2D eigenvalue weighted by Crippen LogP contribution is 2.28. The average Bonchev–Trinajstić information content (AvgIpc) is 2.35. The first-order valence-electron chi connectivity index (χ1n) is 5.07. The van der Waals surface area contributed by atoms with Crippen LogP contribution in [0.1, 0.15) is 11.1 Å². The minimum atomic E-state index is -0.644. The predicted molar refractivity (Wildman–Crippen MR) is 62.4 cm³/mol. The van der Waals surface area contributed by atoms with Crippen molar-refractivity contribution in [3.8, 4) is 17.7 Å². The van der Waals surface area contributed by atoms with Crippen molar-refractivity contribution in [3.63, 3.8) is 0 Å². The second kappa shape index (κ2) is 4.67. The van der Waals surface area contributed by atoms with Crippen molar-refractivity contribution in [1.29, 1.82) is 5.26 Å². The van der Waals surface area contributed by atoms with Crippen LogP contribution in [0.4, 0.5) is 10.2 Å². The molecule has 2 N–H and O–H groups in total. The van der Waals surface area contributed by atoms with Crippen LogP contribution >= 0.6 is 0 Å². The van der Waals surface area contributed by atoms with Gasteiger partial charge in [0.1, 0.15) is 35.3 Å². The molecule has 2 aromatic rings. The Kier molecular flexibility index (Phi) is 3.06. The second-order valence-electron chi connectivity index (χ2n) is 3.52. The van der Waals surface area contributed by atoms with E-state index in [1.54, 1.807) is 13.0 Å². The van der Waals surface area contributed by atoms with Gasteiger partial charge in [-0.25, -0.2) is 14.4 Å². The predicted octanol–water partition coefficient (Wildman–Crippen LogP) is 2.17. The van der Waals surface area contributed by atoms with Crippen LogP contribution in [-0.4, -0.2) is 9.97 Å². The number of halogens is 1. The highest BCUT2D eigenvalue weighted by atomic mass is 19.1. The van der Waals surface area contributed by atoms with Crippen LogP contribution < -0.4 is 10.5 Å². The van der Waals surface area contributed by atoms with E-state index in [0.717, 1.165) is 0 Å². The van der Waals surface area contributed by atoms with Gasteiger partial charge < -0.3 is 10.5 Å². The molecule has 90 valence electrons. The summed E-state index contributed by atoms with van der Waals surface area (Å²) in [6.45, 7) is 1.68. The number of hydrogen-bond acceptors (Lipinski definition) is 5. The number of nitrogen functional groups attached to an aromatic ring is 1. The standard InChI is InChI=1S/C12H9FN4O/c1-7-11(15)16-6-17-12(7)18-10-4-2-3-9(13)8(10)5-14/h2-4,6H,1H3,(H2,15,16,17). The van der Waals surface area contributed by atoms with E-state index in [1.807, 2.05) is 0 Å². The third-order valence-corrected chi connectivity index (χ3v) is 2.37. The summed E-state index contributed by atoms with van der Waals surface area (Å²) in [4.78, 5) is 7.68. The topological polar surface area (TPSA) is 84.8 Å². The molecule has 1 aromatic heterocycles. The number of nitrogens with two attached hydrogens (primary N) is 1. The number of rotatable bonds is 2. The van der Waals surface area contributed by atoms with Gasteiger partial charge in [-0.05, 0) is 19.1 Å². The Morgan fingerprint density at radius 3 is 2.89 bits per heavy atom. The van der Waals surface area contributed by atoms with Gasteiger partial charge in [-0.3, -0.25) is 0 Å². The summed E-state index contributed by atoms with van der Waals surface area (Å²) in [5, 5.41) is 8.87. The van der Waals surface area contributed by atoms with Gasteiger partial charge in [0.05, 0.1) is 5.56 Å². The van der Waals surface area contributed by atoms with Gasteiger partial charge in [0, 0.05) is 0 Å². The maximum atomic E-state index is 13.4. The molecule has 0 saturated carbocycles. The zero-order valence-corrected chi connectivity index (χ0v) is 9.51. The van der Waals surface area contributed by atoms with Crippen LogP contribution in [0.25, 0.3) is 0 Å². The SMILES string of the molecule is Cc1c(N)ncnc1Oc1cccc(F)c1C#N. The molecule has 5 nitrogen and oxygen atoms in total. The van der Waals surface area contributed by atoms with Crippen LogP contribution in [-0.2, 0) is 0 Å². The number of nitrogens with zero attached hydrogens (tertiary/aromatic N) is 3. The summed E-state index contributed by atoms with van der Waals surface area (Å²) < 4.78 is 18.8. The second-order valence-corrected chi connectivity index (χ2v) is 3.52. The van der Waals surface area contributed by atoms with Crippen molar-refractivity contribution < 1.29 is 9.13 Å². The van der Waals surface area contributed by atoms with Gasteiger partial charge in [0.25, 0.3) is 0 Å². The normalized spacial score (nSPS) is 9.83. The molecular formula is C12H9FN4O. The molecule has 0 aliphatic heterocycles. The Hall–Kier alpha value is -2.68. The van der Waals surface area contributed by atoms with Crippen molar-refractivity contribution >= 4 is 5.82 Å². The van der Waals surface area contributed by atoms with E-state index in [1.165, 1.54) is 24.5 Å². The maximum absolute atomic E-state index is 13.4. The van der Waals surface area contributed by atoms with E-state index in [9.17, 15) is 4.39 Å². The maximum Gasteiger partial charge on any atom is 0.227 e. The van der Waals surface area contributed by atoms with Crippen LogP contribution in [0, 0.1) is 24.1 Å². The molecule has 0 bridgehead atoms. The van der Waals surface area contributed by atoms with Gasteiger partial charge in [0.2, 0.25) is 5.88 Å². The van der Waals surface area contributed by atoms with Gasteiger partial charge in [-0.15, -0.1) is 0 Å². The van der Waals surface area contributed by atoms with E-state index in [4.69, 9.17) is 15.7 Å². The Labute approximate surface area is 103 Å². The first-order valence-corrected chi connectivity index (χ1v) is 5.07. The van der Waals surface area contributed by atoms with Gasteiger partial charge in [0.15, 0.2) is 0 Å². The number of ether oxygens (including phenoxy) is 1. The Balaban J connectivity index is 2.44. The molecule has 0 fully saturated rings. The summed E-state index contributed by atoms with van der Waals surface area (Å²) in [6.07, 6.45) is 1.24. The quantitative estimate of drug-likeness (QED) is 0.875. The zero-order valence-electron chi connectivity index (χ0n) is 9.51. The first kappa shape index (κ1) is 11.8. The van der Waals surface area contributed by atoms with Crippen LogP contribution in [0.15, 0.2) is 24.5 Å². The largest absolute Gasteiger partial charge is 0.437 e. The van der Waals surface area contributed by atoms with E-state index < -0.39 is 5.82 Å². The fourth-order valence-electron chi connectivity index (χ4n) is 1.35. The third-order valence-electron chi connectivity index (χ3n) is 2.37. The first-order chi connectivity index (χ1) is 8.63. The monoisotopic (exact) mass is 244 g/mol. The average molecular weight is 244 g/mol. The summed E-state index contributed by atoms with van der Waals surface area (Å²) in [5.74, 6) is -0.0760. The molecular weight excluding hydrogens is 235 g/mol. The smallest absolute Gasteiger partial charge is 0.227 e. The van der Waals surface area contributed by atoms with E-state index in [-0.39, 0.29) is 23.0 Å². The van der Waals surface area contributed by atoms with Crippen molar-refractivity contribution in [2.24, 2.45) is 0 Å². The lowest BCUT2D eigenvalue weighted by molar-refractivity contribution is 0.451. The van der Waals surface area contributed by atoms with Crippen molar-refractivity contribution in [3.05, 3.63) is 41.5 Å². The molecule has 0 atom stereocenters. The zero-order chi connectivity index (χ0) is 13.1. The van der Waals surface area contributed by atoms with Gasteiger partial charge in [-0.1, -0.05) is 6.07 Å². The lowest BCUT2D eigenvalue weighted by Gasteiger charge is -2.09. The van der Waals surface area contributed by atoms with Gasteiger partial charge >= 0.3 is 0 Å². The number of benzene rings is 1. The summed E-state index contributed by atoms with van der Waals surface area (Å²) in [6, 6.07) is 5.87. The molecule has 0 unspecified atom stereocenters. The number of nitriles is 1. The minimum absolute atomic E-state index is 0.0960. The molecule has 0 radical (unpaired) electrons. The van der Waals surface area contributed by atoms with E-state index in [0.29, 0.717) is 5.56 Å². The molecule has 0 aliphatic carbocycles. The van der Waals surface area contributed by atoms with Crippen LogP contribution in [0.2, 0.25) is 0 Å². The third kappa shape index (κ3) is 2.06. The highest BCUT2D eigenvalue weighted by molar-refractivity contribution is 5.49. The minimum Gasteiger partial charge on any atom is -0.437 e. The summed E-state index contributed by atoms with van der Waals surface area (Å²) >= 11 is 0. The van der Waals surface area contributed by atoms with Crippen molar-refractivity contribution in [2.75, 3.05) is 5.73 Å². The number of anilines is 1. The molecule has 1 heterocycles. The fourth-order valence-corrected chi connectivity index (χ4v) is 1.35.